The molecule has 11 N–H and O–H groups in total. The summed E-state index contributed by atoms with van der Waals surface area (Å²) in [6.07, 6.45) is -2.41. The lowest BCUT2D eigenvalue weighted by atomic mass is 10.1. The third-order valence-electron chi connectivity index (χ3n) is 6.11. The second kappa shape index (κ2) is 21.9. The number of hydrazine groups is 1. The maximum absolute atomic E-state index is 12.5. The maximum Gasteiger partial charge on any atom is 0.412 e. The van der Waals surface area contributed by atoms with Gasteiger partial charge in [-0.25, -0.2) is 20.2 Å². The number of amides is 6. The van der Waals surface area contributed by atoms with Crippen molar-refractivity contribution < 1.29 is 43.0 Å². The van der Waals surface area contributed by atoms with Gasteiger partial charge in [0.2, 0.25) is 5.91 Å². The molecule has 0 radical (unpaired) electrons. The Kier molecular flexibility index (Phi) is 18.0. The standard InChI is InChI=1S/C26H34N14O10/c27-9-17(10-28)49-24(45)36-18(21(42)34-11-20(41)38-31)2-1-7-33-23(44)48-16-5-3-15(4-6-16)8-19(22(43)39-47)37-25(46)50-26(12-29,13-30)14-35-40-32/h3-6,9-10,12-13,17-19,27-30H,1-2,7-8,11,14,31H2,(H,33,44)(H,34,42)(H,36,45)(H,37,46)(H,38,41)/t17?,18-,19-,26?/m0/s1. The van der Waals surface area contributed by atoms with E-state index in [0.717, 1.165) is 0 Å². The molecule has 0 saturated carbocycles. The summed E-state index contributed by atoms with van der Waals surface area (Å²) in [6, 6.07) is 2.70. The van der Waals surface area contributed by atoms with Crippen LogP contribution in [0.3, 0.4) is 0 Å². The number of alkyl carbamates (subject to hydrolysis) is 2. The minimum absolute atomic E-state index is 0.0432. The molecular weight excluding hydrogens is 668 g/mol. The highest BCUT2D eigenvalue weighted by Crippen LogP contribution is 2.15. The molecule has 0 aliphatic heterocycles. The number of azide groups is 1. The van der Waals surface area contributed by atoms with Crippen molar-refractivity contribution in [2.24, 2.45) is 16.1 Å². The van der Waals surface area contributed by atoms with Gasteiger partial charge in [-0.05, 0) is 36.1 Å². The molecule has 24 heteroatoms. The van der Waals surface area contributed by atoms with Gasteiger partial charge in [-0.15, -0.1) is 4.91 Å². The van der Waals surface area contributed by atoms with Crippen LogP contribution in [-0.4, -0.2) is 104 Å². The number of benzene rings is 1. The number of carbonyl (C=O) groups excluding carboxylic acids is 6. The average molecular weight is 703 g/mol. The van der Waals surface area contributed by atoms with Gasteiger partial charge in [-0.3, -0.25) is 19.8 Å². The second-order valence-corrected chi connectivity index (χ2v) is 9.64. The van der Waals surface area contributed by atoms with Crippen molar-refractivity contribution in [3.8, 4) is 5.75 Å². The van der Waals surface area contributed by atoms with Gasteiger partial charge in [-0.2, -0.15) is 0 Å². The summed E-state index contributed by atoms with van der Waals surface area (Å²) < 4.78 is 14.9. The monoisotopic (exact) mass is 702 g/mol. The van der Waals surface area contributed by atoms with Crippen LogP contribution in [-0.2, 0) is 30.3 Å². The fourth-order valence-electron chi connectivity index (χ4n) is 3.57. The third kappa shape index (κ3) is 14.7. The van der Waals surface area contributed by atoms with E-state index in [1.54, 1.807) is 0 Å². The van der Waals surface area contributed by atoms with Crippen LogP contribution in [0, 0.1) is 26.5 Å². The molecule has 0 unspecified atom stereocenters. The van der Waals surface area contributed by atoms with Crippen molar-refractivity contribution in [3.05, 3.63) is 45.2 Å². The van der Waals surface area contributed by atoms with Gasteiger partial charge in [0.25, 0.3) is 5.91 Å². The molecule has 268 valence electrons. The molecule has 1 aromatic rings. The van der Waals surface area contributed by atoms with Gasteiger partial charge >= 0.3 is 24.2 Å². The van der Waals surface area contributed by atoms with E-state index in [-0.39, 0.29) is 31.6 Å². The summed E-state index contributed by atoms with van der Waals surface area (Å²) in [5.41, 5.74) is 8.64. The zero-order chi connectivity index (χ0) is 37.5. The highest BCUT2D eigenvalue weighted by atomic mass is 16.6. The van der Waals surface area contributed by atoms with E-state index in [4.69, 9.17) is 47.2 Å². The topological polar surface area (TPSA) is 390 Å². The summed E-state index contributed by atoms with van der Waals surface area (Å²) in [5, 5.41) is 43.5. The molecule has 0 heterocycles. The molecule has 24 nitrogen and oxygen atoms in total. The summed E-state index contributed by atoms with van der Waals surface area (Å²) in [7, 11) is 0. The van der Waals surface area contributed by atoms with Gasteiger partial charge in [0.1, 0.15) is 17.8 Å². The van der Waals surface area contributed by atoms with Gasteiger partial charge < -0.3 is 57.1 Å². The first kappa shape index (κ1) is 41.2. The number of carbonyl (C=O) groups is 6. The van der Waals surface area contributed by atoms with Crippen molar-refractivity contribution in [2.75, 3.05) is 19.6 Å². The van der Waals surface area contributed by atoms with Crippen molar-refractivity contribution in [2.45, 2.75) is 43.1 Å². The molecule has 0 bridgehead atoms. The Balaban J connectivity index is 2.76. The Labute approximate surface area is 282 Å². The number of nitrogens with one attached hydrogen (secondary N) is 9. The van der Waals surface area contributed by atoms with Gasteiger partial charge in [0.15, 0.2) is 11.7 Å². The lowest BCUT2D eigenvalue weighted by molar-refractivity contribution is -0.127. The highest BCUT2D eigenvalue weighted by Gasteiger charge is 2.32. The van der Waals surface area contributed by atoms with Crippen LogP contribution in [0.1, 0.15) is 18.4 Å². The minimum atomic E-state index is -2.03. The number of nitrogens with two attached hydrogens (primary N) is 1. The molecule has 1 rings (SSSR count). The molecule has 50 heavy (non-hydrogen) atoms. The molecule has 0 aromatic heterocycles. The molecule has 0 saturated heterocycles. The van der Waals surface area contributed by atoms with E-state index >= 15 is 0 Å². The summed E-state index contributed by atoms with van der Waals surface area (Å²) in [6.45, 7) is -1.16. The molecule has 6 amide bonds. The van der Waals surface area contributed by atoms with Crippen molar-refractivity contribution >= 4 is 60.9 Å². The summed E-state index contributed by atoms with van der Waals surface area (Å²) in [4.78, 5) is 86.1. The normalized spacial score (nSPS) is 13.0. The predicted octanol–water partition coefficient (Wildman–Crippen LogP) is -0.298. The SMILES string of the molecule is [N-]=[N+]=NCC(C=N)(C=N)OC(=O)N[C@@H](Cc1ccc(OC(=O)NCCC[C@H](NC(=O)OC(C=N)C=N)C(=O)NCC(=O)NN)cc1)C(=O)N=O. The average Bonchev–Trinajstić information content (AvgIpc) is 3.12. The lowest BCUT2D eigenvalue weighted by Gasteiger charge is -2.24. The molecule has 1 aromatic carbocycles. The first-order valence-corrected chi connectivity index (χ1v) is 14.1. The fourth-order valence-corrected chi connectivity index (χ4v) is 3.57. The minimum Gasteiger partial charge on any atom is -0.434 e. The Bertz CT molecular complexity index is 1470. The lowest BCUT2D eigenvalue weighted by Crippen LogP contribution is -2.50. The smallest absolute Gasteiger partial charge is 0.412 e. The number of ether oxygens (including phenoxy) is 3. The molecule has 0 aliphatic rings. The molecular formula is C26H34N14O10. The van der Waals surface area contributed by atoms with Crippen LogP contribution < -0.4 is 37.3 Å². The van der Waals surface area contributed by atoms with Crippen LogP contribution in [0.15, 0.2) is 34.6 Å². The number of rotatable bonds is 21. The third-order valence-corrected chi connectivity index (χ3v) is 6.11. The van der Waals surface area contributed by atoms with Crippen LogP contribution in [0.25, 0.3) is 10.4 Å². The second-order valence-electron chi connectivity index (χ2n) is 9.64. The molecule has 0 spiro atoms. The van der Waals surface area contributed by atoms with Crippen LogP contribution >= 0.6 is 0 Å². The van der Waals surface area contributed by atoms with E-state index in [1.165, 1.54) is 24.3 Å². The van der Waals surface area contributed by atoms with E-state index in [1.807, 2.05) is 5.43 Å². The summed E-state index contributed by atoms with van der Waals surface area (Å²) in [5.74, 6) is 2.24. The van der Waals surface area contributed by atoms with Gasteiger partial charge in [-0.1, -0.05) is 17.2 Å². The molecule has 2 atom stereocenters. The fraction of sp³-hybridized carbons (Fsp3) is 0.385. The highest BCUT2D eigenvalue weighted by molar-refractivity contribution is 5.94. The largest absolute Gasteiger partial charge is 0.434 e. The van der Waals surface area contributed by atoms with E-state index in [2.05, 4.69) is 36.5 Å². The van der Waals surface area contributed by atoms with E-state index in [0.29, 0.717) is 30.4 Å². The maximum atomic E-state index is 12.5. The number of nitrogens with zero attached hydrogens (tertiary/aromatic N) is 4. The molecule has 0 aliphatic carbocycles. The number of hydrogen-bond donors (Lipinski definition) is 10. The van der Waals surface area contributed by atoms with E-state index < -0.39 is 72.9 Å². The zero-order valence-electron chi connectivity index (χ0n) is 26.0. The van der Waals surface area contributed by atoms with Crippen molar-refractivity contribution in [1.29, 1.82) is 21.6 Å². The molecule has 0 fully saturated rings. The van der Waals surface area contributed by atoms with Crippen molar-refractivity contribution in [1.82, 2.24) is 26.7 Å². The van der Waals surface area contributed by atoms with E-state index in [9.17, 15) is 33.7 Å². The quantitative estimate of drug-likeness (QED) is 0.00912. The first-order chi connectivity index (χ1) is 23.9. The Morgan fingerprint density at radius 3 is 2.14 bits per heavy atom. The van der Waals surface area contributed by atoms with Gasteiger partial charge in [0, 0.05) is 47.9 Å². The zero-order valence-corrected chi connectivity index (χ0v) is 26.0. The predicted molar refractivity (Wildman–Crippen MR) is 172 cm³/mol. The van der Waals surface area contributed by atoms with Crippen LogP contribution in [0.2, 0.25) is 0 Å². The Morgan fingerprint density at radius 1 is 0.940 bits per heavy atom. The Hall–Kier alpha value is -6.81. The van der Waals surface area contributed by atoms with Crippen LogP contribution in [0.4, 0.5) is 14.4 Å². The van der Waals surface area contributed by atoms with Gasteiger partial charge in [0.05, 0.1) is 13.1 Å². The summed E-state index contributed by atoms with van der Waals surface area (Å²) >= 11 is 0. The Morgan fingerprint density at radius 2 is 1.58 bits per heavy atom. The van der Waals surface area contributed by atoms with Crippen LogP contribution in [0.5, 0.6) is 5.75 Å². The van der Waals surface area contributed by atoms with Crippen molar-refractivity contribution in [3.63, 3.8) is 0 Å². The number of hydrogen-bond acceptors (Lipinski definition) is 16. The first-order valence-electron chi connectivity index (χ1n) is 14.1. The number of nitroso groups, excluding NO2 is 1.